The van der Waals surface area contributed by atoms with Gasteiger partial charge in [-0.2, -0.15) is 0 Å². The van der Waals surface area contributed by atoms with Crippen molar-refractivity contribution in [1.29, 1.82) is 0 Å². The van der Waals surface area contributed by atoms with E-state index in [0.29, 0.717) is 6.04 Å². The van der Waals surface area contributed by atoms with Crippen molar-refractivity contribution >= 4 is 5.69 Å². The first kappa shape index (κ1) is 11.0. The van der Waals surface area contributed by atoms with Crippen molar-refractivity contribution in [3.05, 3.63) is 24.0 Å². The predicted octanol–water partition coefficient (Wildman–Crippen LogP) is 2.31. The van der Waals surface area contributed by atoms with Crippen molar-refractivity contribution in [2.24, 2.45) is 0 Å². The number of hydrogen-bond acceptors (Lipinski definition) is 3. The molecule has 2 heterocycles. The zero-order chi connectivity index (χ0) is 11.8. The smallest absolute Gasteiger partial charge is 0.0576 e. The molecule has 0 unspecified atom stereocenters. The number of pyridine rings is 1. The van der Waals surface area contributed by atoms with Crippen LogP contribution in [0.2, 0.25) is 0 Å². The van der Waals surface area contributed by atoms with Gasteiger partial charge in [0.25, 0.3) is 0 Å². The SMILES string of the molecule is C[C@H]1C[C@@H](O)CCN1c1ccc(C2CC2)nc1. The van der Waals surface area contributed by atoms with E-state index in [9.17, 15) is 5.11 Å². The van der Waals surface area contributed by atoms with Crippen LogP contribution in [0.4, 0.5) is 5.69 Å². The van der Waals surface area contributed by atoms with Crippen LogP contribution in [0.25, 0.3) is 0 Å². The first-order valence-corrected chi connectivity index (χ1v) is 6.64. The highest BCUT2D eigenvalue weighted by Crippen LogP contribution is 2.39. The normalized spacial score (nSPS) is 29.4. The summed E-state index contributed by atoms with van der Waals surface area (Å²) in [6.07, 6.45) is 6.22. The lowest BCUT2D eigenvalue weighted by Crippen LogP contribution is -2.42. The Morgan fingerprint density at radius 3 is 2.71 bits per heavy atom. The Labute approximate surface area is 102 Å². The summed E-state index contributed by atoms with van der Waals surface area (Å²) in [5.41, 5.74) is 2.45. The second-order valence-corrected chi connectivity index (χ2v) is 5.44. The summed E-state index contributed by atoms with van der Waals surface area (Å²) in [6, 6.07) is 4.77. The fourth-order valence-corrected chi connectivity index (χ4v) is 2.72. The molecule has 2 aliphatic rings. The molecule has 17 heavy (non-hydrogen) atoms. The molecule has 2 fully saturated rings. The molecule has 2 atom stereocenters. The Balaban J connectivity index is 1.74. The van der Waals surface area contributed by atoms with Gasteiger partial charge >= 0.3 is 0 Å². The molecule has 0 bridgehead atoms. The van der Waals surface area contributed by atoms with Crippen LogP contribution in [0, 0.1) is 0 Å². The standard InChI is InChI=1S/C14H20N2O/c1-10-8-13(17)6-7-16(10)12-4-5-14(15-9-12)11-2-3-11/h4-5,9-11,13,17H,2-3,6-8H2,1H3/t10-,13-/m0/s1. The molecule has 1 aromatic rings. The van der Waals surface area contributed by atoms with Crippen LogP contribution in [0.3, 0.4) is 0 Å². The fraction of sp³-hybridized carbons (Fsp3) is 0.643. The minimum Gasteiger partial charge on any atom is -0.393 e. The summed E-state index contributed by atoms with van der Waals surface area (Å²) in [6.45, 7) is 3.12. The van der Waals surface area contributed by atoms with Gasteiger partial charge in [0.15, 0.2) is 0 Å². The topological polar surface area (TPSA) is 36.4 Å². The van der Waals surface area contributed by atoms with E-state index in [0.717, 1.165) is 25.3 Å². The van der Waals surface area contributed by atoms with Gasteiger partial charge in [-0.05, 0) is 44.7 Å². The molecule has 0 aromatic carbocycles. The molecule has 3 rings (SSSR count). The predicted molar refractivity (Wildman–Crippen MR) is 68.3 cm³/mol. The summed E-state index contributed by atoms with van der Waals surface area (Å²) in [5, 5.41) is 9.63. The molecule has 1 saturated carbocycles. The highest BCUT2D eigenvalue weighted by molar-refractivity contribution is 5.46. The second-order valence-electron chi connectivity index (χ2n) is 5.44. The van der Waals surface area contributed by atoms with Gasteiger partial charge in [0.05, 0.1) is 18.0 Å². The minimum atomic E-state index is -0.125. The van der Waals surface area contributed by atoms with E-state index >= 15 is 0 Å². The molecule has 1 aliphatic heterocycles. The Bertz CT molecular complexity index is 386. The van der Waals surface area contributed by atoms with Crippen LogP contribution < -0.4 is 4.90 Å². The third kappa shape index (κ3) is 2.29. The summed E-state index contributed by atoms with van der Waals surface area (Å²) < 4.78 is 0. The summed E-state index contributed by atoms with van der Waals surface area (Å²) in [7, 11) is 0. The molecular formula is C14H20N2O. The van der Waals surface area contributed by atoms with Gasteiger partial charge in [0, 0.05) is 24.2 Å². The summed E-state index contributed by atoms with van der Waals surface area (Å²) in [5.74, 6) is 0.727. The quantitative estimate of drug-likeness (QED) is 0.850. The molecule has 0 amide bonds. The lowest BCUT2D eigenvalue weighted by atomic mass is 10.0. The van der Waals surface area contributed by atoms with Gasteiger partial charge in [0.2, 0.25) is 0 Å². The van der Waals surface area contributed by atoms with Crippen LogP contribution in [0.15, 0.2) is 18.3 Å². The monoisotopic (exact) mass is 232 g/mol. The molecule has 1 saturated heterocycles. The van der Waals surface area contributed by atoms with E-state index in [2.05, 4.69) is 28.9 Å². The number of nitrogens with zero attached hydrogens (tertiary/aromatic N) is 2. The zero-order valence-corrected chi connectivity index (χ0v) is 10.3. The third-order valence-electron chi connectivity index (χ3n) is 3.95. The van der Waals surface area contributed by atoms with Gasteiger partial charge in [-0.3, -0.25) is 4.98 Å². The molecule has 0 radical (unpaired) electrons. The van der Waals surface area contributed by atoms with Crippen LogP contribution in [-0.2, 0) is 0 Å². The van der Waals surface area contributed by atoms with Gasteiger partial charge in [0.1, 0.15) is 0 Å². The minimum absolute atomic E-state index is 0.125. The number of aliphatic hydroxyl groups excluding tert-OH is 1. The average Bonchev–Trinajstić information content (AvgIpc) is 3.13. The maximum absolute atomic E-state index is 9.63. The number of aliphatic hydroxyl groups is 1. The molecular weight excluding hydrogens is 212 g/mol. The van der Waals surface area contributed by atoms with Crippen LogP contribution in [0.1, 0.15) is 44.2 Å². The highest BCUT2D eigenvalue weighted by Gasteiger charge is 2.26. The lowest BCUT2D eigenvalue weighted by Gasteiger charge is -2.37. The Kier molecular flexibility index (Phi) is 2.79. The molecule has 0 spiro atoms. The maximum Gasteiger partial charge on any atom is 0.0576 e. The molecule has 1 aliphatic carbocycles. The highest BCUT2D eigenvalue weighted by atomic mass is 16.3. The average molecular weight is 232 g/mol. The molecule has 1 aromatic heterocycles. The molecule has 3 heteroatoms. The van der Waals surface area contributed by atoms with E-state index in [1.54, 1.807) is 0 Å². The van der Waals surface area contributed by atoms with Crippen molar-refractivity contribution in [1.82, 2.24) is 4.98 Å². The van der Waals surface area contributed by atoms with Gasteiger partial charge < -0.3 is 10.0 Å². The first-order valence-electron chi connectivity index (χ1n) is 6.64. The van der Waals surface area contributed by atoms with Crippen molar-refractivity contribution in [2.75, 3.05) is 11.4 Å². The van der Waals surface area contributed by atoms with Crippen LogP contribution in [-0.4, -0.2) is 28.8 Å². The Morgan fingerprint density at radius 1 is 1.29 bits per heavy atom. The number of piperidine rings is 1. The van der Waals surface area contributed by atoms with Crippen molar-refractivity contribution in [3.8, 4) is 0 Å². The van der Waals surface area contributed by atoms with Crippen LogP contribution in [0.5, 0.6) is 0 Å². The lowest BCUT2D eigenvalue weighted by molar-refractivity contribution is 0.131. The third-order valence-corrected chi connectivity index (χ3v) is 3.95. The zero-order valence-electron chi connectivity index (χ0n) is 10.3. The van der Waals surface area contributed by atoms with Crippen LogP contribution >= 0.6 is 0 Å². The number of anilines is 1. The largest absolute Gasteiger partial charge is 0.393 e. The van der Waals surface area contributed by atoms with Gasteiger partial charge in [-0.15, -0.1) is 0 Å². The van der Waals surface area contributed by atoms with Crippen molar-refractivity contribution in [2.45, 2.75) is 50.7 Å². The Hall–Kier alpha value is -1.09. The van der Waals surface area contributed by atoms with E-state index in [4.69, 9.17) is 0 Å². The second kappa shape index (κ2) is 4.30. The number of hydrogen-bond donors (Lipinski definition) is 1. The van der Waals surface area contributed by atoms with Gasteiger partial charge in [-0.1, -0.05) is 0 Å². The van der Waals surface area contributed by atoms with Crippen molar-refractivity contribution in [3.63, 3.8) is 0 Å². The van der Waals surface area contributed by atoms with E-state index in [1.807, 2.05) is 6.20 Å². The molecule has 3 nitrogen and oxygen atoms in total. The maximum atomic E-state index is 9.63. The summed E-state index contributed by atoms with van der Waals surface area (Å²) >= 11 is 0. The summed E-state index contributed by atoms with van der Waals surface area (Å²) in [4.78, 5) is 6.92. The van der Waals surface area contributed by atoms with E-state index in [-0.39, 0.29) is 6.10 Å². The molecule has 92 valence electrons. The van der Waals surface area contributed by atoms with Gasteiger partial charge in [-0.25, -0.2) is 0 Å². The van der Waals surface area contributed by atoms with Crippen molar-refractivity contribution < 1.29 is 5.11 Å². The fourth-order valence-electron chi connectivity index (χ4n) is 2.72. The first-order chi connectivity index (χ1) is 8.24. The van der Waals surface area contributed by atoms with E-state index < -0.39 is 0 Å². The Morgan fingerprint density at radius 2 is 2.12 bits per heavy atom. The molecule has 1 N–H and O–H groups in total. The number of aromatic nitrogens is 1. The number of rotatable bonds is 2. The van der Waals surface area contributed by atoms with E-state index in [1.165, 1.54) is 24.2 Å².